The van der Waals surface area contributed by atoms with E-state index in [4.69, 9.17) is 14.2 Å². The summed E-state index contributed by atoms with van der Waals surface area (Å²) in [4.78, 5) is 13.2. The molecule has 0 N–H and O–H groups in total. The fourth-order valence-corrected chi connectivity index (χ4v) is 1.75. The van der Waals surface area contributed by atoms with Crippen molar-refractivity contribution in [1.82, 2.24) is 4.90 Å². The molecule has 0 aliphatic heterocycles. The minimum atomic E-state index is 0.0914. The molecule has 0 unspecified atom stereocenters. The summed E-state index contributed by atoms with van der Waals surface area (Å²) >= 11 is 0. The zero-order valence-corrected chi connectivity index (χ0v) is 12.1. The van der Waals surface area contributed by atoms with Crippen LogP contribution in [0.15, 0.2) is 12.1 Å². The maximum atomic E-state index is 11.6. The van der Waals surface area contributed by atoms with Gasteiger partial charge in [0.05, 0.1) is 21.3 Å². The Hall–Kier alpha value is -1.91. The van der Waals surface area contributed by atoms with E-state index in [9.17, 15) is 4.79 Å². The van der Waals surface area contributed by atoms with Crippen LogP contribution in [0.3, 0.4) is 0 Å². The largest absolute Gasteiger partial charge is 0.493 e. The zero-order valence-electron chi connectivity index (χ0n) is 12.1. The molecule has 0 bridgehead atoms. The van der Waals surface area contributed by atoms with Crippen molar-refractivity contribution in [2.75, 3.05) is 35.4 Å². The van der Waals surface area contributed by atoms with Crippen molar-refractivity contribution in [2.24, 2.45) is 0 Å². The fraction of sp³-hybridized carbons (Fsp3) is 0.500. The van der Waals surface area contributed by atoms with Crippen LogP contribution in [0.1, 0.15) is 12.0 Å². The molecule has 1 aromatic carbocycles. The first-order valence-electron chi connectivity index (χ1n) is 6.02. The minimum Gasteiger partial charge on any atom is -0.493 e. The number of carbonyl (C=O) groups excluding carboxylic acids is 1. The molecule has 0 aliphatic carbocycles. The van der Waals surface area contributed by atoms with E-state index in [0.717, 1.165) is 5.56 Å². The third kappa shape index (κ3) is 3.77. The van der Waals surface area contributed by atoms with Gasteiger partial charge in [0.1, 0.15) is 0 Å². The smallest absolute Gasteiger partial charge is 0.222 e. The first-order valence-corrected chi connectivity index (χ1v) is 6.02. The molecule has 0 aliphatic rings. The van der Waals surface area contributed by atoms with Crippen molar-refractivity contribution in [2.45, 2.75) is 12.8 Å². The molecule has 1 aromatic rings. The standard InChI is InChI=1S/C14H21NO4/c1-15(2)13(16)7-6-10-8-11(17-3)14(19-5)12(9-10)18-4/h8-9H,6-7H2,1-5H3. The van der Waals surface area contributed by atoms with Gasteiger partial charge in [-0.15, -0.1) is 0 Å². The van der Waals surface area contributed by atoms with Gasteiger partial charge < -0.3 is 19.1 Å². The highest BCUT2D eigenvalue weighted by Gasteiger charge is 2.14. The van der Waals surface area contributed by atoms with Gasteiger partial charge >= 0.3 is 0 Å². The molecule has 1 amide bonds. The Labute approximate surface area is 114 Å². The van der Waals surface area contributed by atoms with E-state index in [1.165, 1.54) is 0 Å². The summed E-state index contributed by atoms with van der Waals surface area (Å²) in [5.74, 6) is 1.87. The first kappa shape index (κ1) is 15.1. The Morgan fingerprint density at radius 2 is 1.58 bits per heavy atom. The molecule has 0 spiro atoms. The number of aryl methyl sites for hydroxylation is 1. The summed E-state index contributed by atoms with van der Waals surface area (Å²) in [6.07, 6.45) is 1.08. The van der Waals surface area contributed by atoms with E-state index in [0.29, 0.717) is 30.1 Å². The number of ether oxygens (including phenoxy) is 3. The Morgan fingerprint density at radius 1 is 1.05 bits per heavy atom. The molecule has 0 radical (unpaired) electrons. The zero-order chi connectivity index (χ0) is 14.4. The molecule has 1 rings (SSSR count). The van der Waals surface area contributed by atoms with Gasteiger partial charge in [0.25, 0.3) is 0 Å². The van der Waals surface area contributed by atoms with Gasteiger partial charge in [-0.3, -0.25) is 4.79 Å². The lowest BCUT2D eigenvalue weighted by atomic mass is 10.1. The van der Waals surface area contributed by atoms with Crippen molar-refractivity contribution in [3.05, 3.63) is 17.7 Å². The van der Waals surface area contributed by atoms with Crippen molar-refractivity contribution in [3.8, 4) is 17.2 Å². The van der Waals surface area contributed by atoms with Gasteiger partial charge in [0.2, 0.25) is 11.7 Å². The quantitative estimate of drug-likeness (QED) is 0.787. The highest BCUT2D eigenvalue weighted by Crippen LogP contribution is 2.38. The van der Waals surface area contributed by atoms with Crippen LogP contribution in [0.5, 0.6) is 17.2 Å². The first-order chi connectivity index (χ1) is 9.03. The lowest BCUT2D eigenvalue weighted by molar-refractivity contribution is -0.128. The van der Waals surface area contributed by atoms with E-state index in [1.54, 1.807) is 40.3 Å². The SMILES string of the molecule is COc1cc(CCC(=O)N(C)C)cc(OC)c1OC. The molecule has 0 fully saturated rings. The number of carbonyl (C=O) groups is 1. The molecule has 0 aromatic heterocycles. The fourth-order valence-electron chi connectivity index (χ4n) is 1.75. The van der Waals surface area contributed by atoms with Gasteiger partial charge in [-0.1, -0.05) is 0 Å². The van der Waals surface area contributed by atoms with E-state index in [2.05, 4.69) is 0 Å². The van der Waals surface area contributed by atoms with Crippen LogP contribution < -0.4 is 14.2 Å². The van der Waals surface area contributed by atoms with Crippen LogP contribution in [-0.4, -0.2) is 46.2 Å². The van der Waals surface area contributed by atoms with Crippen molar-refractivity contribution in [3.63, 3.8) is 0 Å². The number of benzene rings is 1. The number of methoxy groups -OCH3 is 3. The maximum absolute atomic E-state index is 11.6. The monoisotopic (exact) mass is 267 g/mol. The number of rotatable bonds is 6. The second-order valence-corrected chi connectivity index (χ2v) is 4.32. The summed E-state index contributed by atoms with van der Waals surface area (Å²) < 4.78 is 15.8. The summed E-state index contributed by atoms with van der Waals surface area (Å²) in [6.45, 7) is 0. The molecule has 0 heterocycles. The third-order valence-electron chi connectivity index (χ3n) is 2.85. The number of nitrogens with zero attached hydrogens (tertiary/aromatic N) is 1. The molecular weight excluding hydrogens is 246 g/mol. The summed E-state index contributed by atoms with van der Waals surface area (Å²) in [6, 6.07) is 3.73. The Kier molecular flexibility index (Phi) is 5.48. The Bertz CT molecular complexity index is 418. The van der Waals surface area contributed by atoms with E-state index < -0.39 is 0 Å². The summed E-state index contributed by atoms with van der Waals surface area (Å²) in [5, 5.41) is 0. The third-order valence-corrected chi connectivity index (χ3v) is 2.85. The van der Waals surface area contributed by atoms with Crippen molar-refractivity contribution >= 4 is 5.91 Å². The number of hydrogen-bond donors (Lipinski definition) is 0. The van der Waals surface area contributed by atoms with Crippen LogP contribution in [0.4, 0.5) is 0 Å². The number of amides is 1. The van der Waals surface area contributed by atoms with Crippen LogP contribution in [-0.2, 0) is 11.2 Å². The van der Waals surface area contributed by atoms with Crippen LogP contribution in [0.25, 0.3) is 0 Å². The topological polar surface area (TPSA) is 48.0 Å². The van der Waals surface area contributed by atoms with Crippen LogP contribution >= 0.6 is 0 Å². The lowest BCUT2D eigenvalue weighted by Crippen LogP contribution is -2.21. The van der Waals surface area contributed by atoms with Gasteiger partial charge in [-0.2, -0.15) is 0 Å². The van der Waals surface area contributed by atoms with Gasteiger partial charge in [0, 0.05) is 20.5 Å². The Balaban J connectivity index is 2.93. The van der Waals surface area contributed by atoms with Gasteiger partial charge in [-0.25, -0.2) is 0 Å². The maximum Gasteiger partial charge on any atom is 0.222 e. The normalized spacial score (nSPS) is 9.95. The molecule has 0 atom stereocenters. The van der Waals surface area contributed by atoms with E-state index >= 15 is 0 Å². The molecule has 0 saturated carbocycles. The predicted molar refractivity (Wildman–Crippen MR) is 73.1 cm³/mol. The molecule has 5 nitrogen and oxygen atoms in total. The average Bonchev–Trinajstić information content (AvgIpc) is 2.42. The van der Waals surface area contributed by atoms with E-state index in [1.807, 2.05) is 12.1 Å². The summed E-state index contributed by atoms with van der Waals surface area (Å²) in [7, 11) is 8.21. The number of hydrogen-bond acceptors (Lipinski definition) is 4. The lowest BCUT2D eigenvalue weighted by Gasteiger charge is -2.14. The minimum absolute atomic E-state index is 0.0914. The predicted octanol–water partition coefficient (Wildman–Crippen LogP) is 1.73. The second kappa shape index (κ2) is 6.87. The Morgan fingerprint density at radius 3 is 1.95 bits per heavy atom. The van der Waals surface area contributed by atoms with Crippen molar-refractivity contribution in [1.29, 1.82) is 0 Å². The highest BCUT2D eigenvalue weighted by molar-refractivity contribution is 5.75. The molecule has 106 valence electrons. The van der Waals surface area contributed by atoms with Crippen molar-refractivity contribution < 1.29 is 19.0 Å². The molecule has 0 saturated heterocycles. The van der Waals surface area contributed by atoms with Gasteiger partial charge in [-0.05, 0) is 24.1 Å². The summed E-state index contributed by atoms with van der Waals surface area (Å²) in [5.41, 5.74) is 0.977. The van der Waals surface area contributed by atoms with Crippen LogP contribution in [0.2, 0.25) is 0 Å². The van der Waals surface area contributed by atoms with Crippen LogP contribution in [0, 0.1) is 0 Å². The average molecular weight is 267 g/mol. The molecule has 19 heavy (non-hydrogen) atoms. The highest BCUT2D eigenvalue weighted by atomic mass is 16.5. The van der Waals surface area contributed by atoms with Gasteiger partial charge in [0.15, 0.2) is 11.5 Å². The van der Waals surface area contributed by atoms with E-state index in [-0.39, 0.29) is 5.91 Å². The molecular formula is C14H21NO4. The molecule has 5 heteroatoms. The second-order valence-electron chi connectivity index (χ2n) is 4.32.